The summed E-state index contributed by atoms with van der Waals surface area (Å²) in [5.74, 6) is -0.970. The lowest BCUT2D eigenvalue weighted by Crippen LogP contribution is -2.30. The Morgan fingerprint density at radius 3 is 2.68 bits per heavy atom. The minimum absolute atomic E-state index is 0.417. The lowest BCUT2D eigenvalue weighted by atomic mass is 9.87. The standard InChI is InChI=1S/C16H22F2O/c1-2-12-4-3-8-16(19,9-7-12)11-13-5-6-14(17)15(18)10-13/h5-6,10,12,19H,2-4,7-9,11H2,1H3. The summed E-state index contributed by atoms with van der Waals surface area (Å²) in [4.78, 5) is 0. The average molecular weight is 268 g/mol. The fourth-order valence-electron chi connectivity index (χ4n) is 3.08. The summed E-state index contributed by atoms with van der Waals surface area (Å²) in [5.41, 5.74) is -0.0786. The number of rotatable bonds is 3. The van der Waals surface area contributed by atoms with E-state index in [2.05, 4.69) is 6.92 Å². The topological polar surface area (TPSA) is 20.2 Å². The predicted molar refractivity (Wildman–Crippen MR) is 71.9 cm³/mol. The molecule has 2 unspecified atom stereocenters. The lowest BCUT2D eigenvalue weighted by molar-refractivity contribution is 0.0241. The second-order valence-electron chi connectivity index (χ2n) is 5.85. The molecule has 0 aromatic heterocycles. The molecule has 1 saturated carbocycles. The molecule has 1 aliphatic rings. The molecule has 0 heterocycles. The first-order chi connectivity index (χ1) is 9.02. The molecule has 1 fully saturated rings. The van der Waals surface area contributed by atoms with Crippen LogP contribution in [0.2, 0.25) is 0 Å². The quantitative estimate of drug-likeness (QED) is 0.813. The van der Waals surface area contributed by atoms with Gasteiger partial charge in [0.25, 0.3) is 0 Å². The molecule has 2 atom stereocenters. The molecule has 0 bridgehead atoms. The Morgan fingerprint density at radius 2 is 2.00 bits per heavy atom. The molecule has 0 radical (unpaired) electrons. The van der Waals surface area contributed by atoms with E-state index in [-0.39, 0.29) is 0 Å². The van der Waals surface area contributed by atoms with E-state index in [1.807, 2.05) is 0 Å². The van der Waals surface area contributed by atoms with Crippen molar-refractivity contribution in [1.29, 1.82) is 0 Å². The van der Waals surface area contributed by atoms with Gasteiger partial charge in [-0.05, 0) is 42.9 Å². The maximum atomic E-state index is 13.2. The van der Waals surface area contributed by atoms with Crippen LogP contribution in [-0.2, 0) is 6.42 Å². The third kappa shape index (κ3) is 3.75. The molecular formula is C16H22F2O. The average Bonchev–Trinajstić information content (AvgIpc) is 2.56. The maximum absolute atomic E-state index is 13.2. The van der Waals surface area contributed by atoms with Gasteiger partial charge in [0, 0.05) is 6.42 Å². The smallest absolute Gasteiger partial charge is 0.159 e. The van der Waals surface area contributed by atoms with Crippen LogP contribution in [0.15, 0.2) is 18.2 Å². The summed E-state index contributed by atoms with van der Waals surface area (Å²) in [6, 6.07) is 3.91. The van der Waals surface area contributed by atoms with Crippen molar-refractivity contribution in [3.8, 4) is 0 Å². The zero-order chi connectivity index (χ0) is 13.9. The minimum Gasteiger partial charge on any atom is -0.390 e. The first kappa shape index (κ1) is 14.4. The van der Waals surface area contributed by atoms with Gasteiger partial charge in [-0.2, -0.15) is 0 Å². The van der Waals surface area contributed by atoms with Gasteiger partial charge >= 0.3 is 0 Å². The Bertz CT molecular complexity index is 433. The van der Waals surface area contributed by atoms with E-state index in [4.69, 9.17) is 0 Å². The van der Waals surface area contributed by atoms with Crippen molar-refractivity contribution in [2.75, 3.05) is 0 Å². The normalized spacial score (nSPS) is 28.1. The van der Waals surface area contributed by atoms with E-state index < -0.39 is 17.2 Å². The zero-order valence-corrected chi connectivity index (χ0v) is 11.5. The molecule has 0 amide bonds. The van der Waals surface area contributed by atoms with E-state index in [0.29, 0.717) is 17.9 Å². The van der Waals surface area contributed by atoms with E-state index in [9.17, 15) is 13.9 Å². The van der Waals surface area contributed by atoms with Gasteiger partial charge in [-0.25, -0.2) is 8.78 Å². The van der Waals surface area contributed by atoms with Gasteiger partial charge in [0.2, 0.25) is 0 Å². The zero-order valence-electron chi connectivity index (χ0n) is 11.5. The molecule has 3 heteroatoms. The van der Waals surface area contributed by atoms with Crippen LogP contribution in [0.5, 0.6) is 0 Å². The van der Waals surface area contributed by atoms with Crippen molar-refractivity contribution in [2.24, 2.45) is 5.92 Å². The third-order valence-corrected chi connectivity index (χ3v) is 4.37. The van der Waals surface area contributed by atoms with Crippen molar-refractivity contribution in [3.05, 3.63) is 35.4 Å². The molecule has 1 aromatic carbocycles. The number of hydrogen-bond acceptors (Lipinski definition) is 1. The van der Waals surface area contributed by atoms with Crippen molar-refractivity contribution in [3.63, 3.8) is 0 Å². The molecule has 1 nitrogen and oxygen atoms in total. The summed E-state index contributed by atoms with van der Waals surface area (Å²) < 4.78 is 26.1. The van der Waals surface area contributed by atoms with Gasteiger partial charge in [0.05, 0.1) is 5.60 Å². The molecule has 0 saturated heterocycles. The minimum atomic E-state index is -0.832. The molecule has 1 aromatic rings. The molecule has 2 rings (SSSR count). The van der Waals surface area contributed by atoms with E-state index in [0.717, 1.165) is 44.6 Å². The van der Waals surface area contributed by atoms with Crippen molar-refractivity contribution in [2.45, 2.75) is 57.5 Å². The Morgan fingerprint density at radius 1 is 1.21 bits per heavy atom. The van der Waals surface area contributed by atoms with Crippen molar-refractivity contribution in [1.82, 2.24) is 0 Å². The Labute approximate surface area is 113 Å². The van der Waals surface area contributed by atoms with E-state index in [1.165, 1.54) is 6.07 Å². The van der Waals surface area contributed by atoms with Crippen LogP contribution in [0.3, 0.4) is 0 Å². The first-order valence-corrected chi connectivity index (χ1v) is 7.19. The van der Waals surface area contributed by atoms with E-state index in [1.54, 1.807) is 6.07 Å². The highest BCUT2D eigenvalue weighted by atomic mass is 19.2. The van der Waals surface area contributed by atoms with Crippen molar-refractivity contribution < 1.29 is 13.9 Å². The second-order valence-corrected chi connectivity index (χ2v) is 5.85. The number of aliphatic hydroxyl groups is 1. The molecule has 19 heavy (non-hydrogen) atoms. The lowest BCUT2D eigenvalue weighted by Gasteiger charge is -2.27. The fraction of sp³-hybridized carbons (Fsp3) is 0.625. The molecule has 0 spiro atoms. The fourth-order valence-corrected chi connectivity index (χ4v) is 3.08. The number of benzene rings is 1. The molecule has 106 valence electrons. The van der Waals surface area contributed by atoms with Gasteiger partial charge in [0.1, 0.15) is 0 Å². The molecule has 1 aliphatic carbocycles. The highest BCUT2D eigenvalue weighted by molar-refractivity contribution is 5.19. The Hall–Kier alpha value is -0.960. The highest BCUT2D eigenvalue weighted by Gasteiger charge is 2.30. The molecule has 0 aliphatic heterocycles. The Balaban J connectivity index is 2.05. The summed E-state index contributed by atoms with van der Waals surface area (Å²) in [6.07, 6.45) is 6.28. The van der Waals surface area contributed by atoms with Gasteiger partial charge in [-0.1, -0.05) is 32.3 Å². The predicted octanol–water partition coefficient (Wildman–Crippen LogP) is 4.23. The maximum Gasteiger partial charge on any atom is 0.159 e. The summed E-state index contributed by atoms with van der Waals surface area (Å²) >= 11 is 0. The van der Waals surface area contributed by atoms with Crippen LogP contribution in [-0.4, -0.2) is 10.7 Å². The van der Waals surface area contributed by atoms with Crippen LogP contribution in [0.1, 0.15) is 51.0 Å². The van der Waals surface area contributed by atoms with Gasteiger partial charge in [0.15, 0.2) is 11.6 Å². The number of halogens is 2. The largest absolute Gasteiger partial charge is 0.390 e. The summed E-state index contributed by atoms with van der Waals surface area (Å²) in [5, 5.41) is 10.7. The second kappa shape index (κ2) is 6.00. The summed E-state index contributed by atoms with van der Waals surface area (Å²) in [7, 11) is 0. The van der Waals surface area contributed by atoms with Crippen LogP contribution in [0.25, 0.3) is 0 Å². The van der Waals surface area contributed by atoms with Gasteiger partial charge < -0.3 is 5.11 Å². The highest BCUT2D eigenvalue weighted by Crippen LogP contribution is 2.34. The van der Waals surface area contributed by atoms with E-state index >= 15 is 0 Å². The first-order valence-electron chi connectivity index (χ1n) is 7.19. The van der Waals surface area contributed by atoms with Crippen LogP contribution >= 0.6 is 0 Å². The Kier molecular flexibility index (Phi) is 4.56. The van der Waals surface area contributed by atoms with Crippen LogP contribution in [0, 0.1) is 17.6 Å². The monoisotopic (exact) mass is 268 g/mol. The van der Waals surface area contributed by atoms with Crippen LogP contribution in [0.4, 0.5) is 8.78 Å². The van der Waals surface area contributed by atoms with Gasteiger partial charge in [-0.15, -0.1) is 0 Å². The van der Waals surface area contributed by atoms with Gasteiger partial charge in [-0.3, -0.25) is 0 Å². The molecular weight excluding hydrogens is 246 g/mol. The van der Waals surface area contributed by atoms with Crippen molar-refractivity contribution >= 4 is 0 Å². The SMILES string of the molecule is CCC1CCCC(O)(Cc2ccc(F)c(F)c2)CC1. The third-order valence-electron chi connectivity index (χ3n) is 4.37. The molecule has 1 N–H and O–H groups in total. The number of hydrogen-bond donors (Lipinski definition) is 1. The summed E-state index contributed by atoms with van der Waals surface area (Å²) in [6.45, 7) is 2.18. The van der Waals surface area contributed by atoms with Crippen LogP contribution < -0.4 is 0 Å².